The molecular weight excluding hydrogens is 419 g/mol. The highest BCUT2D eigenvalue weighted by atomic mass is 32.2. The Morgan fingerprint density at radius 3 is 2.58 bits per heavy atom. The summed E-state index contributed by atoms with van der Waals surface area (Å²) >= 11 is 0. The summed E-state index contributed by atoms with van der Waals surface area (Å²) in [6.45, 7) is 3.50. The Kier molecular flexibility index (Phi) is 6.24. The third kappa shape index (κ3) is 4.72. The number of aromatic nitrogens is 1. The molecule has 166 valence electrons. The average molecular weight is 447 g/mol. The molecule has 2 aliphatic rings. The number of nitrogens with one attached hydrogen (secondary N) is 1. The normalized spacial score (nSPS) is 20.1. The zero-order valence-electron chi connectivity index (χ0n) is 17.6. The first kappa shape index (κ1) is 21.7. The van der Waals surface area contributed by atoms with Crippen molar-refractivity contribution in [3.8, 4) is 0 Å². The molecule has 31 heavy (non-hydrogen) atoms. The van der Waals surface area contributed by atoms with Crippen LogP contribution in [0.4, 0.5) is 10.2 Å². The number of carbonyl (C=O) groups excluding carboxylic acids is 1. The van der Waals surface area contributed by atoms with Gasteiger partial charge >= 0.3 is 0 Å². The van der Waals surface area contributed by atoms with Crippen LogP contribution >= 0.6 is 0 Å². The molecule has 0 radical (unpaired) electrons. The van der Waals surface area contributed by atoms with Crippen LogP contribution in [0.1, 0.15) is 49.8 Å². The van der Waals surface area contributed by atoms with E-state index in [2.05, 4.69) is 10.3 Å². The summed E-state index contributed by atoms with van der Waals surface area (Å²) < 4.78 is 41.0. The second kappa shape index (κ2) is 8.92. The molecule has 0 spiro atoms. The molecule has 1 amide bonds. The fraction of sp³-hybridized carbons (Fsp3) is 0.455. The van der Waals surface area contributed by atoms with E-state index in [1.807, 2.05) is 0 Å². The van der Waals surface area contributed by atoms with Crippen LogP contribution in [0.2, 0.25) is 0 Å². The number of sulfonamides is 1. The largest absolute Gasteiger partial charge is 0.363 e. The predicted octanol–water partition coefficient (Wildman–Crippen LogP) is 3.30. The van der Waals surface area contributed by atoms with Crippen molar-refractivity contribution in [2.75, 3.05) is 25.0 Å². The summed E-state index contributed by atoms with van der Waals surface area (Å²) in [5, 5.41) is 3.33. The van der Waals surface area contributed by atoms with Crippen LogP contribution in [0.15, 0.2) is 41.4 Å². The maximum absolute atomic E-state index is 13.8. The maximum atomic E-state index is 13.8. The average Bonchev–Trinajstić information content (AvgIpc) is 2.94. The van der Waals surface area contributed by atoms with E-state index in [4.69, 9.17) is 0 Å². The monoisotopic (exact) mass is 446 g/mol. The molecule has 0 bridgehead atoms. The number of anilines is 1. The second-order valence-electron chi connectivity index (χ2n) is 8.11. The van der Waals surface area contributed by atoms with E-state index in [1.165, 1.54) is 29.6 Å². The minimum atomic E-state index is -3.53. The molecule has 1 N–H and O–H groups in total. The fourth-order valence-electron chi connectivity index (χ4n) is 4.25. The van der Waals surface area contributed by atoms with Gasteiger partial charge in [-0.3, -0.25) is 4.79 Å². The van der Waals surface area contributed by atoms with Crippen LogP contribution < -0.4 is 5.32 Å². The van der Waals surface area contributed by atoms with Crippen molar-refractivity contribution in [2.45, 2.75) is 50.1 Å². The van der Waals surface area contributed by atoms with E-state index < -0.39 is 10.0 Å². The molecule has 1 atom stereocenters. The van der Waals surface area contributed by atoms with Crippen molar-refractivity contribution in [1.29, 1.82) is 0 Å². The number of amides is 1. The Bertz CT molecular complexity index is 1050. The Hall–Kier alpha value is -2.52. The summed E-state index contributed by atoms with van der Waals surface area (Å²) in [4.78, 5) is 18.1. The Morgan fingerprint density at radius 2 is 1.90 bits per heavy atom. The van der Waals surface area contributed by atoms with Gasteiger partial charge in [0.15, 0.2) is 0 Å². The van der Waals surface area contributed by atoms with E-state index in [9.17, 15) is 17.6 Å². The quantitative estimate of drug-likeness (QED) is 0.779. The fourth-order valence-corrected chi connectivity index (χ4v) is 5.71. The Labute approximate surface area is 182 Å². The highest BCUT2D eigenvalue weighted by Gasteiger charge is 2.27. The number of carbonyl (C=O) groups is 1. The van der Waals surface area contributed by atoms with Gasteiger partial charge in [0.1, 0.15) is 16.5 Å². The van der Waals surface area contributed by atoms with Crippen molar-refractivity contribution >= 4 is 21.7 Å². The molecule has 2 aliphatic heterocycles. The summed E-state index contributed by atoms with van der Waals surface area (Å²) in [6, 6.07) is 7.68. The predicted molar refractivity (Wildman–Crippen MR) is 115 cm³/mol. The van der Waals surface area contributed by atoms with E-state index in [1.54, 1.807) is 23.1 Å². The molecular formula is C22H27FN4O3S. The summed E-state index contributed by atoms with van der Waals surface area (Å²) in [6.07, 6.45) is 4.83. The second-order valence-corrected chi connectivity index (χ2v) is 10.1. The summed E-state index contributed by atoms with van der Waals surface area (Å²) in [5.74, 6) is 0.142. The molecule has 0 aliphatic carbocycles. The first-order valence-electron chi connectivity index (χ1n) is 10.6. The standard InChI is InChI=1S/C22H27FN4O3S/c1-16(28)26-12-9-21(20-7-5-18(23)13-17(20)15-26)25-22-8-6-19(14-24-22)31(29,30)27-10-3-2-4-11-27/h5-8,13-14,21H,2-4,9-12,15H2,1H3,(H,24,25). The van der Waals surface area contributed by atoms with Crippen LogP contribution in [0.25, 0.3) is 0 Å². The van der Waals surface area contributed by atoms with Crippen LogP contribution in [-0.2, 0) is 21.4 Å². The number of nitrogens with zero attached hydrogens (tertiary/aromatic N) is 3. The number of halogens is 1. The number of rotatable bonds is 4. The lowest BCUT2D eigenvalue weighted by molar-refractivity contribution is -0.129. The van der Waals surface area contributed by atoms with Gasteiger partial charge in [-0.25, -0.2) is 17.8 Å². The van der Waals surface area contributed by atoms with Crippen LogP contribution in [-0.4, -0.2) is 48.1 Å². The van der Waals surface area contributed by atoms with Gasteiger partial charge in [-0.2, -0.15) is 4.31 Å². The van der Waals surface area contributed by atoms with Gasteiger partial charge < -0.3 is 10.2 Å². The smallest absolute Gasteiger partial charge is 0.244 e. The highest BCUT2D eigenvalue weighted by Crippen LogP contribution is 2.30. The lowest BCUT2D eigenvalue weighted by Crippen LogP contribution is -2.35. The van der Waals surface area contributed by atoms with Gasteiger partial charge in [0.2, 0.25) is 15.9 Å². The number of hydrogen-bond acceptors (Lipinski definition) is 5. The lowest BCUT2D eigenvalue weighted by Gasteiger charge is -2.26. The topological polar surface area (TPSA) is 82.6 Å². The number of fused-ring (bicyclic) bond motifs is 1. The molecule has 2 aromatic rings. The van der Waals surface area contributed by atoms with Gasteiger partial charge in [0, 0.05) is 39.3 Å². The number of piperidine rings is 1. The van der Waals surface area contributed by atoms with Crippen LogP contribution in [0.5, 0.6) is 0 Å². The highest BCUT2D eigenvalue weighted by molar-refractivity contribution is 7.89. The Morgan fingerprint density at radius 1 is 1.13 bits per heavy atom. The van der Waals surface area contributed by atoms with Gasteiger partial charge in [-0.1, -0.05) is 12.5 Å². The zero-order valence-corrected chi connectivity index (χ0v) is 18.4. The molecule has 7 nitrogen and oxygen atoms in total. The van der Waals surface area contributed by atoms with E-state index >= 15 is 0 Å². The third-order valence-electron chi connectivity index (χ3n) is 5.99. The first-order valence-corrected chi connectivity index (χ1v) is 12.1. The van der Waals surface area contributed by atoms with E-state index in [0.29, 0.717) is 38.4 Å². The molecule has 9 heteroatoms. The minimum absolute atomic E-state index is 0.0544. The van der Waals surface area contributed by atoms with Crippen molar-refractivity contribution in [1.82, 2.24) is 14.2 Å². The molecule has 1 unspecified atom stereocenters. The first-order chi connectivity index (χ1) is 14.8. The minimum Gasteiger partial charge on any atom is -0.363 e. The molecule has 3 heterocycles. The number of benzene rings is 1. The van der Waals surface area contributed by atoms with Gasteiger partial charge in [-0.05, 0) is 54.7 Å². The maximum Gasteiger partial charge on any atom is 0.244 e. The SMILES string of the molecule is CC(=O)N1CCC(Nc2ccc(S(=O)(=O)N3CCCCC3)cn2)c2ccc(F)cc2C1. The van der Waals surface area contributed by atoms with Crippen molar-refractivity contribution in [3.63, 3.8) is 0 Å². The van der Waals surface area contributed by atoms with E-state index in [-0.39, 0.29) is 22.7 Å². The number of hydrogen-bond donors (Lipinski definition) is 1. The summed E-state index contributed by atoms with van der Waals surface area (Å²) in [7, 11) is -3.53. The van der Waals surface area contributed by atoms with Gasteiger partial charge in [0.25, 0.3) is 0 Å². The molecule has 1 saturated heterocycles. The molecule has 1 fully saturated rings. The van der Waals surface area contributed by atoms with Crippen molar-refractivity contribution < 1.29 is 17.6 Å². The van der Waals surface area contributed by atoms with Gasteiger partial charge in [-0.15, -0.1) is 0 Å². The van der Waals surface area contributed by atoms with Gasteiger partial charge in [0.05, 0.1) is 6.04 Å². The van der Waals surface area contributed by atoms with Crippen LogP contribution in [0, 0.1) is 5.82 Å². The molecule has 0 saturated carbocycles. The number of pyridine rings is 1. The van der Waals surface area contributed by atoms with E-state index in [0.717, 1.165) is 30.4 Å². The molecule has 1 aromatic carbocycles. The lowest BCUT2D eigenvalue weighted by atomic mass is 9.99. The van der Waals surface area contributed by atoms with Crippen molar-refractivity contribution in [3.05, 3.63) is 53.5 Å². The zero-order chi connectivity index (χ0) is 22.0. The summed E-state index contributed by atoms with van der Waals surface area (Å²) in [5.41, 5.74) is 1.67. The molecule has 4 rings (SSSR count). The third-order valence-corrected chi connectivity index (χ3v) is 7.87. The van der Waals surface area contributed by atoms with Crippen molar-refractivity contribution in [2.24, 2.45) is 0 Å². The Balaban J connectivity index is 1.54. The molecule has 1 aromatic heterocycles. The van der Waals surface area contributed by atoms with Crippen LogP contribution in [0.3, 0.4) is 0 Å².